The Morgan fingerprint density at radius 2 is 2.50 bits per heavy atom. The molecule has 0 saturated carbocycles. The van der Waals surface area contributed by atoms with Gasteiger partial charge in [0.05, 0.1) is 12.9 Å². The molecule has 0 spiro atoms. The van der Waals surface area contributed by atoms with Crippen molar-refractivity contribution in [3.8, 4) is 0 Å². The summed E-state index contributed by atoms with van der Waals surface area (Å²) in [6.07, 6.45) is 8.37. The molecule has 0 radical (unpaired) electrons. The molecule has 0 aromatic rings. The van der Waals surface area contributed by atoms with E-state index in [9.17, 15) is 0 Å². The Bertz CT molecular complexity index is 223. The molecule has 0 aliphatic heterocycles. The average molecular weight is 164 g/mol. The van der Waals surface area contributed by atoms with E-state index in [2.05, 4.69) is 19.6 Å². The maximum atomic E-state index is 5.27. The Hall–Kier alpha value is -0.980. The highest BCUT2D eigenvalue weighted by atomic mass is 16.5. The molecule has 1 heteroatoms. The first kappa shape index (κ1) is 9.11. The van der Waals surface area contributed by atoms with Crippen LogP contribution in [0.1, 0.15) is 19.8 Å². The van der Waals surface area contributed by atoms with E-state index < -0.39 is 0 Å². The Balaban J connectivity index is 2.59. The fourth-order valence-electron chi connectivity index (χ4n) is 1.50. The van der Waals surface area contributed by atoms with Crippen LogP contribution in [0.5, 0.6) is 0 Å². The number of allylic oxidation sites excluding steroid dienone is 5. The monoisotopic (exact) mass is 164 g/mol. The van der Waals surface area contributed by atoms with Crippen molar-refractivity contribution >= 4 is 0 Å². The normalized spacial score (nSPS) is 21.8. The van der Waals surface area contributed by atoms with E-state index in [1.807, 2.05) is 12.2 Å². The minimum Gasteiger partial charge on any atom is -0.501 e. The Morgan fingerprint density at radius 1 is 1.75 bits per heavy atom. The minimum atomic E-state index is 0.512. The molecule has 1 unspecified atom stereocenters. The van der Waals surface area contributed by atoms with Gasteiger partial charge in [-0.05, 0) is 25.8 Å². The van der Waals surface area contributed by atoms with Gasteiger partial charge in [-0.15, -0.1) is 6.58 Å². The van der Waals surface area contributed by atoms with Gasteiger partial charge < -0.3 is 4.74 Å². The second-order valence-electron chi connectivity index (χ2n) is 3.30. The van der Waals surface area contributed by atoms with Crippen LogP contribution in [0.25, 0.3) is 0 Å². The van der Waals surface area contributed by atoms with Crippen molar-refractivity contribution < 1.29 is 4.74 Å². The third kappa shape index (κ3) is 2.26. The van der Waals surface area contributed by atoms with Gasteiger partial charge in [0.2, 0.25) is 0 Å². The molecule has 66 valence electrons. The first-order valence-corrected chi connectivity index (χ1v) is 4.29. The lowest BCUT2D eigenvalue weighted by atomic mass is 9.92. The van der Waals surface area contributed by atoms with E-state index in [0.717, 1.165) is 18.6 Å². The maximum absolute atomic E-state index is 5.27. The van der Waals surface area contributed by atoms with Crippen molar-refractivity contribution in [3.05, 3.63) is 36.1 Å². The third-order valence-corrected chi connectivity index (χ3v) is 2.05. The van der Waals surface area contributed by atoms with Gasteiger partial charge in [0, 0.05) is 5.92 Å². The molecular formula is C11H16O. The van der Waals surface area contributed by atoms with Crippen LogP contribution < -0.4 is 0 Å². The summed E-state index contributed by atoms with van der Waals surface area (Å²) in [5.41, 5.74) is 1.22. The molecule has 1 aliphatic carbocycles. The van der Waals surface area contributed by atoms with E-state index >= 15 is 0 Å². The summed E-state index contributed by atoms with van der Waals surface area (Å²) in [4.78, 5) is 0. The lowest BCUT2D eigenvalue weighted by Crippen LogP contribution is -2.07. The van der Waals surface area contributed by atoms with Gasteiger partial charge in [0.25, 0.3) is 0 Å². The molecule has 0 heterocycles. The van der Waals surface area contributed by atoms with Gasteiger partial charge in [-0.1, -0.05) is 17.7 Å². The molecule has 12 heavy (non-hydrogen) atoms. The predicted octanol–water partition coefficient (Wildman–Crippen LogP) is 3.06. The largest absolute Gasteiger partial charge is 0.501 e. The van der Waals surface area contributed by atoms with Crippen LogP contribution in [0.2, 0.25) is 0 Å². The molecule has 1 atom stereocenters. The summed E-state index contributed by atoms with van der Waals surface area (Å²) in [6, 6.07) is 0. The molecule has 0 fully saturated rings. The van der Waals surface area contributed by atoms with Crippen molar-refractivity contribution in [1.29, 1.82) is 0 Å². The second kappa shape index (κ2) is 4.15. The highest BCUT2D eigenvalue weighted by Crippen LogP contribution is 2.26. The lowest BCUT2D eigenvalue weighted by Gasteiger charge is -2.19. The molecule has 1 aliphatic rings. The van der Waals surface area contributed by atoms with Gasteiger partial charge in [-0.25, -0.2) is 0 Å². The highest BCUT2D eigenvalue weighted by Gasteiger charge is 2.15. The number of methoxy groups -OCH3 is 1. The zero-order valence-electron chi connectivity index (χ0n) is 7.84. The van der Waals surface area contributed by atoms with Crippen LogP contribution in [0, 0.1) is 5.92 Å². The van der Waals surface area contributed by atoms with Gasteiger partial charge in [-0.3, -0.25) is 0 Å². The van der Waals surface area contributed by atoms with E-state index in [4.69, 9.17) is 4.74 Å². The zero-order chi connectivity index (χ0) is 8.97. The average Bonchev–Trinajstić information content (AvgIpc) is 2.04. The Labute approximate surface area is 74.4 Å². The first-order chi connectivity index (χ1) is 5.74. The molecule has 0 N–H and O–H groups in total. The number of rotatable bonds is 3. The van der Waals surface area contributed by atoms with Crippen molar-refractivity contribution in [1.82, 2.24) is 0 Å². The third-order valence-electron chi connectivity index (χ3n) is 2.05. The first-order valence-electron chi connectivity index (χ1n) is 4.29. The predicted molar refractivity (Wildman–Crippen MR) is 51.8 cm³/mol. The fourth-order valence-corrected chi connectivity index (χ4v) is 1.50. The zero-order valence-corrected chi connectivity index (χ0v) is 7.84. The molecule has 0 bridgehead atoms. The summed E-state index contributed by atoms with van der Waals surface area (Å²) >= 11 is 0. The van der Waals surface area contributed by atoms with Gasteiger partial charge >= 0.3 is 0 Å². The van der Waals surface area contributed by atoms with E-state index in [1.165, 1.54) is 5.57 Å². The molecule has 1 nitrogen and oxygen atoms in total. The number of ether oxygens (including phenoxy) is 1. The Morgan fingerprint density at radius 3 is 3.08 bits per heavy atom. The van der Waals surface area contributed by atoms with Crippen LogP contribution in [0.3, 0.4) is 0 Å². The van der Waals surface area contributed by atoms with Crippen LogP contribution in [-0.4, -0.2) is 7.11 Å². The summed E-state index contributed by atoms with van der Waals surface area (Å²) < 4.78 is 5.27. The molecule has 0 amide bonds. The summed E-state index contributed by atoms with van der Waals surface area (Å²) in [5, 5.41) is 0. The van der Waals surface area contributed by atoms with Crippen molar-refractivity contribution in [2.75, 3.05) is 7.11 Å². The van der Waals surface area contributed by atoms with Crippen LogP contribution in [0.4, 0.5) is 0 Å². The lowest BCUT2D eigenvalue weighted by molar-refractivity contribution is 0.238. The summed E-state index contributed by atoms with van der Waals surface area (Å²) in [5.74, 6) is 1.60. The van der Waals surface area contributed by atoms with Crippen LogP contribution in [-0.2, 0) is 4.74 Å². The topological polar surface area (TPSA) is 9.23 Å². The SMILES string of the molecule is C=C(C)CC1CC=CC=C1OC. The van der Waals surface area contributed by atoms with E-state index in [0.29, 0.717) is 5.92 Å². The van der Waals surface area contributed by atoms with Gasteiger partial charge in [-0.2, -0.15) is 0 Å². The fraction of sp³-hybridized carbons (Fsp3) is 0.455. The quantitative estimate of drug-likeness (QED) is 0.582. The molecule has 0 saturated heterocycles. The highest BCUT2D eigenvalue weighted by molar-refractivity contribution is 5.18. The Kier molecular flexibility index (Phi) is 3.15. The van der Waals surface area contributed by atoms with Gasteiger partial charge in [0.15, 0.2) is 0 Å². The second-order valence-corrected chi connectivity index (χ2v) is 3.30. The summed E-state index contributed by atoms with van der Waals surface area (Å²) in [7, 11) is 1.73. The van der Waals surface area contributed by atoms with Gasteiger partial charge in [0.1, 0.15) is 0 Å². The molecule has 0 aromatic carbocycles. The number of hydrogen-bond donors (Lipinski definition) is 0. The van der Waals surface area contributed by atoms with E-state index in [-0.39, 0.29) is 0 Å². The number of hydrogen-bond acceptors (Lipinski definition) is 1. The van der Waals surface area contributed by atoms with Crippen molar-refractivity contribution in [2.24, 2.45) is 5.92 Å². The maximum Gasteiger partial charge on any atom is 0.0992 e. The smallest absolute Gasteiger partial charge is 0.0992 e. The summed E-state index contributed by atoms with van der Waals surface area (Å²) in [6.45, 7) is 5.97. The van der Waals surface area contributed by atoms with E-state index in [1.54, 1.807) is 7.11 Å². The molecule has 0 aromatic heterocycles. The molecule has 1 rings (SSSR count). The standard InChI is InChI=1S/C11H16O/c1-9(2)8-10-6-4-5-7-11(10)12-3/h4-5,7,10H,1,6,8H2,2-3H3. The van der Waals surface area contributed by atoms with Crippen LogP contribution in [0.15, 0.2) is 36.1 Å². The van der Waals surface area contributed by atoms with Crippen LogP contribution >= 0.6 is 0 Å². The van der Waals surface area contributed by atoms with Crippen molar-refractivity contribution in [3.63, 3.8) is 0 Å². The molecular weight excluding hydrogens is 148 g/mol. The van der Waals surface area contributed by atoms with Crippen molar-refractivity contribution in [2.45, 2.75) is 19.8 Å². The minimum absolute atomic E-state index is 0.512.